The van der Waals surface area contributed by atoms with Crippen LogP contribution in [-0.2, 0) is 15.2 Å². The van der Waals surface area contributed by atoms with E-state index in [0.717, 1.165) is 17.0 Å². The van der Waals surface area contributed by atoms with Crippen LogP contribution >= 0.6 is 11.8 Å². The Kier molecular flexibility index (Phi) is 4.76. The van der Waals surface area contributed by atoms with Crippen LogP contribution in [0.3, 0.4) is 0 Å². The number of benzene rings is 1. The maximum Gasteiger partial charge on any atom is 0.340 e. The van der Waals surface area contributed by atoms with Crippen LogP contribution < -0.4 is 4.74 Å². The average molecular weight is 361 g/mol. The topological polar surface area (TPSA) is 66.8 Å². The van der Waals surface area contributed by atoms with Crippen molar-refractivity contribution in [3.8, 4) is 5.75 Å². The Morgan fingerprint density at radius 2 is 1.64 bits per heavy atom. The molecule has 0 saturated heterocycles. The predicted molar refractivity (Wildman–Crippen MR) is 94.3 cm³/mol. The van der Waals surface area contributed by atoms with Crippen molar-refractivity contribution >= 4 is 23.7 Å². The molecule has 2 aromatic rings. The lowest BCUT2D eigenvalue weighted by Crippen LogP contribution is -2.12. The maximum absolute atomic E-state index is 12.3. The summed E-state index contributed by atoms with van der Waals surface area (Å²) in [6, 6.07) is 7.77. The molecule has 0 saturated carbocycles. The Bertz CT molecular complexity index is 825. The van der Waals surface area contributed by atoms with E-state index in [1.165, 1.54) is 14.2 Å². The molecule has 0 N–H and O–H groups in total. The fraction of sp³-hybridized carbons (Fsp3) is 0.333. The first-order valence-electron chi connectivity index (χ1n) is 7.69. The van der Waals surface area contributed by atoms with Gasteiger partial charge in [-0.15, -0.1) is 11.8 Å². The molecule has 1 aliphatic heterocycles. The third-order valence-electron chi connectivity index (χ3n) is 4.34. The van der Waals surface area contributed by atoms with Crippen molar-refractivity contribution in [1.29, 1.82) is 0 Å². The summed E-state index contributed by atoms with van der Waals surface area (Å²) in [5.74, 6) is 0.340. The van der Waals surface area contributed by atoms with E-state index in [2.05, 4.69) is 0 Å². The van der Waals surface area contributed by atoms with Gasteiger partial charge in [0.1, 0.15) is 11.1 Å². The molecule has 132 valence electrons. The summed E-state index contributed by atoms with van der Waals surface area (Å²) >= 11 is 1.69. The van der Waals surface area contributed by atoms with Gasteiger partial charge in [0.05, 0.1) is 32.5 Å². The quantitative estimate of drug-likeness (QED) is 0.779. The third-order valence-corrected chi connectivity index (χ3v) is 5.58. The zero-order chi connectivity index (χ0) is 18.1. The van der Waals surface area contributed by atoms with Crippen molar-refractivity contribution in [1.82, 2.24) is 4.57 Å². The van der Waals surface area contributed by atoms with Gasteiger partial charge in [0, 0.05) is 17.1 Å². The largest absolute Gasteiger partial charge is 0.497 e. The summed E-state index contributed by atoms with van der Waals surface area (Å²) in [6.07, 6.45) is 0. The molecule has 0 radical (unpaired) electrons. The molecule has 0 fully saturated rings. The van der Waals surface area contributed by atoms with E-state index in [0.29, 0.717) is 17.0 Å². The van der Waals surface area contributed by atoms with E-state index >= 15 is 0 Å². The number of nitrogens with zero attached hydrogens (tertiary/aromatic N) is 1. The molecule has 1 aromatic heterocycles. The smallest absolute Gasteiger partial charge is 0.340 e. The minimum Gasteiger partial charge on any atom is -0.497 e. The Morgan fingerprint density at radius 1 is 1.04 bits per heavy atom. The van der Waals surface area contributed by atoms with E-state index in [-0.39, 0.29) is 10.9 Å². The summed E-state index contributed by atoms with van der Waals surface area (Å²) in [7, 11) is 4.24. The molecule has 6 nitrogen and oxygen atoms in total. The van der Waals surface area contributed by atoms with Gasteiger partial charge in [-0.05, 0) is 24.6 Å². The molecule has 2 heterocycles. The number of fused-ring (bicyclic) bond motifs is 1. The molecule has 0 unspecified atom stereocenters. The molecule has 25 heavy (non-hydrogen) atoms. The SMILES string of the molecule is COC(=O)c1c(C(=O)OC)c2n(c1C)[C@@H](c1ccc(OC)cc1)SC2. The molecule has 0 spiro atoms. The van der Waals surface area contributed by atoms with E-state index in [4.69, 9.17) is 14.2 Å². The lowest BCUT2D eigenvalue weighted by Gasteiger charge is -2.16. The minimum absolute atomic E-state index is 0.0253. The van der Waals surface area contributed by atoms with Gasteiger partial charge < -0.3 is 18.8 Å². The third kappa shape index (κ3) is 2.78. The molecule has 0 bridgehead atoms. The van der Waals surface area contributed by atoms with Crippen LogP contribution in [0.15, 0.2) is 24.3 Å². The van der Waals surface area contributed by atoms with E-state index in [1.54, 1.807) is 18.9 Å². The second kappa shape index (κ2) is 6.84. The summed E-state index contributed by atoms with van der Waals surface area (Å²) in [4.78, 5) is 24.5. The van der Waals surface area contributed by atoms with E-state index < -0.39 is 11.9 Å². The molecule has 1 atom stereocenters. The molecule has 0 amide bonds. The number of rotatable bonds is 4. The Morgan fingerprint density at radius 3 is 2.20 bits per heavy atom. The van der Waals surface area contributed by atoms with Crippen LogP contribution in [0.1, 0.15) is 43.0 Å². The number of carbonyl (C=O) groups excluding carboxylic acids is 2. The van der Waals surface area contributed by atoms with Crippen molar-refractivity contribution in [3.63, 3.8) is 0 Å². The number of carbonyl (C=O) groups is 2. The van der Waals surface area contributed by atoms with Crippen molar-refractivity contribution < 1.29 is 23.8 Å². The van der Waals surface area contributed by atoms with Gasteiger partial charge in [0.15, 0.2) is 0 Å². The Balaban J connectivity index is 2.14. The highest BCUT2D eigenvalue weighted by Crippen LogP contribution is 2.45. The van der Waals surface area contributed by atoms with Crippen molar-refractivity contribution in [3.05, 3.63) is 52.3 Å². The van der Waals surface area contributed by atoms with Gasteiger partial charge in [0.25, 0.3) is 0 Å². The second-order valence-corrected chi connectivity index (χ2v) is 6.64. The van der Waals surface area contributed by atoms with E-state index in [9.17, 15) is 9.59 Å². The predicted octanol–water partition coefficient (Wildman–Crippen LogP) is 3.17. The monoisotopic (exact) mass is 361 g/mol. The van der Waals surface area contributed by atoms with Crippen LogP contribution in [0.5, 0.6) is 5.75 Å². The zero-order valence-electron chi connectivity index (χ0n) is 14.5. The van der Waals surface area contributed by atoms with Gasteiger partial charge in [0.2, 0.25) is 0 Å². The van der Waals surface area contributed by atoms with Crippen molar-refractivity contribution in [2.75, 3.05) is 21.3 Å². The summed E-state index contributed by atoms with van der Waals surface area (Å²) in [5.41, 5.74) is 3.14. The molecular weight excluding hydrogens is 342 g/mol. The number of aromatic nitrogens is 1. The fourth-order valence-corrected chi connectivity index (χ4v) is 4.53. The first-order valence-corrected chi connectivity index (χ1v) is 8.74. The minimum atomic E-state index is -0.529. The summed E-state index contributed by atoms with van der Waals surface area (Å²) in [5, 5.41) is -0.0253. The molecule has 1 aromatic carbocycles. The molecule has 7 heteroatoms. The maximum atomic E-state index is 12.3. The normalized spacial score (nSPS) is 15.6. The highest BCUT2D eigenvalue weighted by molar-refractivity contribution is 7.99. The number of esters is 2. The summed E-state index contributed by atoms with van der Waals surface area (Å²) in [6.45, 7) is 1.82. The number of hydrogen-bond acceptors (Lipinski definition) is 6. The zero-order valence-corrected chi connectivity index (χ0v) is 15.3. The van der Waals surface area contributed by atoms with Crippen molar-refractivity contribution in [2.45, 2.75) is 18.1 Å². The highest BCUT2D eigenvalue weighted by atomic mass is 32.2. The number of methoxy groups -OCH3 is 3. The Hall–Kier alpha value is -2.41. The van der Waals surface area contributed by atoms with Gasteiger partial charge in [-0.3, -0.25) is 0 Å². The van der Waals surface area contributed by atoms with E-state index in [1.807, 2.05) is 35.8 Å². The van der Waals surface area contributed by atoms with Crippen LogP contribution in [0, 0.1) is 6.92 Å². The molecular formula is C18H19NO5S. The fourth-order valence-electron chi connectivity index (χ4n) is 3.15. The molecule has 0 aliphatic carbocycles. The Labute approximate surface area is 150 Å². The van der Waals surface area contributed by atoms with Crippen LogP contribution in [0.2, 0.25) is 0 Å². The number of ether oxygens (including phenoxy) is 3. The van der Waals surface area contributed by atoms with Crippen LogP contribution in [0.25, 0.3) is 0 Å². The lowest BCUT2D eigenvalue weighted by atomic mass is 10.1. The molecule has 1 aliphatic rings. The standard InChI is InChI=1S/C18H19NO5S/c1-10-14(17(20)23-3)15(18(21)24-4)13-9-25-16(19(10)13)11-5-7-12(22-2)8-6-11/h5-8,16H,9H2,1-4H3/t16-/m1/s1. The lowest BCUT2D eigenvalue weighted by molar-refractivity contribution is 0.0555. The first-order chi connectivity index (χ1) is 12.0. The van der Waals surface area contributed by atoms with Gasteiger partial charge >= 0.3 is 11.9 Å². The second-order valence-electron chi connectivity index (χ2n) is 5.57. The molecule has 3 rings (SSSR count). The highest BCUT2D eigenvalue weighted by Gasteiger charge is 2.37. The van der Waals surface area contributed by atoms with Crippen molar-refractivity contribution in [2.24, 2.45) is 0 Å². The van der Waals surface area contributed by atoms with Crippen LogP contribution in [-0.4, -0.2) is 37.8 Å². The van der Waals surface area contributed by atoms with Crippen LogP contribution in [0.4, 0.5) is 0 Å². The van der Waals surface area contributed by atoms with Gasteiger partial charge in [-0.2, -0.15) is 0 Å². The summed E-state index contributed by atoms with van der Waals surface area (Å²) < 4.78 is 17.0. The average Bonchev–Trinajstić information content (AvgIpc) is 3.19. The number of thioether (sulfide) groups is 1. The van der Waals surface area contributed by atoms with Gasteiger partial charge in [-0.1, -0.05) is 12.1 Å². The first kappa shape index (κ1) is 17.4. The number of hydrogen-bond donors (Lipinski definition) is 0. The van der Waals surface area contributed by atoms with Gasteiger partial charge in [-0.25, -0.2) is 9.59 Å².